The number of benzene rings is 2. The second-order valence-corrected chi connectivity index (χ2v) is 6.57. The number of hydrogen-bond donors (Lipinski definition) is 1. The summed E-state index contributed by atoms with van der Waals surface area (Å²) in [5, 5.41) is 11.0. The molecule has 24 heavy (non-hydrogen) atoms. The van der Waals surface area contributed by atoms with Gasteiger partial charge in [0.05, 0.1) is 24.8 Å². The van der Waals surface area contributed by atoms with Crippen molar-refractivity contribution in [3.8, 4) is 11.5 Å². The molecule has 1 N–H and O–H groups in total. The Morgan fingerprint density at radius 1 is 1.08 bits per heavy atom. The third-order valence-corrected chi connectivity index (χ3v) is 4.40. The summed E-state index contributed by atoms with van der Waals surface area (Å²) in [6, 6.07) is 10.3. The third kappa shape index (κ3) is 4.35. The van der Waals surface area contributed by atoms with Crippen LogP contribution in [0.4, 0.5) is 11.4 Å². The van der Waals surface area contributed by atoms with Gasteiger partial charge in [0.25, 0.3) is 5.69 Å². The highest BCUT2D eigenvalue weighted by atomic mass is 32.2. The van der Waals surface area contributed by atoms with Gasteiger partial charge in [0.1, 0.15) is 17.3 Å². The van der Waals surface area contributed by atoms with Crippen LogP contribution in [-0.2, 0) is 15.8 Å². The molecule has 2 aromatic rings. The minimum atomic E-state index is -3.86. The number of anilines is 1. The van der Waals surface area contributed by atoms with Gasteiger partial charge in [-0.25, -0.2) is 8.42 Å². The number of rotatable bonds is 7. The molecule has 0 amide bonds. The minimum absolute atomic E-state index is 0.102. The van der Waals surface area contributed by atoms with Crippen molar-refractivity contribution in [3.05, 3.63) is 58.1 Å². The van der Waals surface area contributed by atoms with Crippen molar-refractivity contribution in [2.75, 3.05) is 18.9 Å². The molecule has 2 aromatic carbocycles. The van der Waals surface area contributed by atoms with E-state index in [4.69, 9.17) is 9.47 Å². The van der Waals surface area contributed by atoms with Gasteiger partial charge in [0.15, 0.2) is 0 Å². The van der Waals surface area contributed by atoms with Gasteiger partial charge in [0, 0.05) is 29.8 Å². The predicted molar refractivity (Wildman–Crippen MR) is 88.9 cm³/mol. The van der Waals surface area contributed by atoms with Crippen molar-refractivity contribution >= 4 is 21.4 Å². The summed E-state index contributed by atoms with van der Waals surface area (Å²) in [5.74, 6) is 0.305. The van der Waals surface area contributed by atoms with E-state index in [0.29, 0.717) is 11.5 Å². The molecule has 9 heteroatoms. The van der Waals surface area contributed by atoms with Gasteiger partial charge in [-0.05, 0) is 0 Å². The van der Waals surface area contributed by atoms with Crippen LogP contribution in [-0.4, -0.2) is 27.6 Å². The Hall–Kier alpha value is -2.81. The van der Waals surface area contributed by atoms with Crippen LogP contribution in [0.25, 0.3) is 0 Å². The normalized spacial score (nSPS) is 10.9. The quantitative estimate of drug-likeness (QED) is 0.606. The van der Waals surface area contributed by atoms with E-state index in [2.05, 4.69) is 4.72 Å². The lowest BCUT2D eigenvalue weighted by molar-refractivity contribution is -0.385. The molecule has 0 aliphatic heterocycles. The smallest absolute Gasteiger partial charge is 0.273 e. The Kier molecular flexibility index (Phi) is 5.24. The summed E-state index contributed by atoms with van der Waals surface area (Å²) >= 11 is 0. The summed E-state index contributed by atoms with van der Waals surface area (Å²) in [4.78, 5) is 10.4. The molecule has 128 valence electrons. The SMILES string of the molecule is COc1cc(NS(=O)(=O)Cc2ccccc2[N+](=O)[O-])cc(OC)c1. The van der Waals surface area contributed by atoms with Crippen molar-refractivity contribution < 1.29 is 22.8 Å². The van der Waals surface area contributed by atoms with E-state index in [0.717, 1.165) is 0 Å². The summed E-state index contributed by atoms with van der Waals surface area (Å²) in [7, 11) is -0.970. The molecule has 0 radical (unpaired) electrons. The zero-order valence-corrected chi connectivity index (χ0v) is 13.9. The van der Waals surface area contributed by atoms with Crippen LogP contribution in [0.3, 0.4) is 0 Å². The molecule has 0 aliphatic carbocycles. The zero-order valence-electron chi connectivity index (χ0n) is 13.1. The van der Waals surface area contributed by atoms with Gasteiger partial charge in [-0.1, -0.05) is 18.2 Å². The van der Waals surface area contributed by atoms with Crippen LogP contribution < -0.4 is 14.2 Å². The highest BCUT2D eigenvalue weighted by Crippen LogP contribution is 2.27. The topological polar surface area (TPSA) is 108 Å². The second-order valence-electron chi connectivity index (χ2n) is 4.85. The van der Waals surface area contributed by atoms with Gasteiger partial charge in [0.2, 0.25) is 10.0 Å². The van der Waals surface area contributed by atoms with Gasteiger partial charge in [-0.15, -0.1) is 0 Å². The van der Waals surface area contributed by atoms with E-state index in [1.807, 2.05) is 0 Å². The maximum atomic E-state index is 12.3. The van der Waals surface area contributed by atoms with Crippen molar-refractivity contribution in [2.24, 2.45) is 0 Å². The molecule has 0 heterocycles. The largest absolute Gasteiger partial charge is 0.497 e. The summed E-state index contributed by atoms with van der Waals surface area (Å²) < 4.78 is 37.2. The molecule has 0 unspecified atom stereocenters. The number of hydrogen-bond acceptors (Lipinski definition) is 6. The predicted octanol–water partition coefficient (Wildman–Crippen LogP) is 2.55. The zero-order chi connectivity index (χ0) is 17.7. The fourth-order valence-electron chi connectivity index (χ4n) is 2.10. The molecule has 2 rings (SSSR count). The number of para-hydroxylation sites is 1. The number of methoxy groups -OCH3 is 2. The van der Waals surface area contributed by atoms with E-state index in [1.54, 1.807) is 12.1 Å². The minimum Gasteiger partial charge on any atom is -0.497 e. The van der Waals surface area contributed by atoms with Crippen LogP contribution in [0.2, 0.25) is 0 Å². The third-order valence-electron chi connectivity index (χ3n) is 3.16. The molecule has 0 saturated heterocycles. The Morgan fingerprint density at radius 2 is 1.67 bits per heavy atom. The van der Waals surface area contributed by atoms with Crippen molar-refractivity contribution in [2.45, 2.75) is 5.75 Å². The number of sulfonamides is 1. The Labute approximate surface area is 139 Å². The molecular weight excluding hydrogens is 336 g/mol. The molecule has 0 atom stereocenters. The summed E-state index contributed by atoms with van der Waals surface area (Å²) in [6.45, 7) is 0. The number of nitro benzene ring substituents is 1. The Balaban J connectivity index is 2.28. The van der Waals surface area contributed by atoms with E-state index in [1.165, 1.54) is 44.6 Å². The summed E-state index contributed by atoms with van der Waals surface area (Å²) in [5.41, 5.74) is 0.0979. The van der Waals surface area contributed by atoms with Gasteiger partial charge < -0.3 is 9.47 Å². The van der Waals surface area contributed by atoms with Crippen LogP contribution >= 0.6 is 0 Å². The van der Waals surface area contributed by atoms with Gasteiger partial charge >= 0.3 is 0 Å². The number of ether oxygens (including phenoxy) is 2. The number of nitrogens with zero attached hydrogens (tertiary/aromatic N) is 1. The van der Waals surface area contributed by atoms with Crippen molar-refractivity contribution in [1.29, 1.82) is 0 Å². The molecule has 0 aliphatic rings. The van der Waals surface area contributed by atoms with Crippen molar-refractivity contribution in [3.63, 3.8) is 0 Å². The van der Waals surface area contributed by atoms with Crippen LogP contribution in [0, 0.1) is 10.1 Å². The maximum absolute atomic E-state index is 12.3. The molecule has 0 saturated carbocycles. The highest BCUT2D eigenvalue weighted by molar-refractivity contribution is 7.91. The maximum Gasteiger partial charge on any atom is 0.273 e. The van der Waals surface area contributed by atoms with Gasteiger partial charge in [-0.2, -0.15) is 0 Å². The monoisotopic (exact) mass is 352 g/mol. The first-order chi connectivity index (χ1) is 11.3. The molecular formula is C15H16N2O6S. The summed E-state index contributed by atoms with van der Waals surface area (Å²) in [6.07, 6.45) is 0. The lowest BCUT2D eigenvalue weighted by Gasteiger charge is -2.11. The fraction of sp³-hybridized carbons (Fsp3) is 0.200. The average molecular weight is 352 g/mol. The van der Waals surface area contributed by atoms with Crippen LogP contribution in [0.15, 0.2) is 42.5 Å². The van der Waals surface area contributed by atoms with Crippen LogP contribution in [0.1, 0.15) is 5.56 Å². The first-order valence-corrected chi connectivity index (χ1v) is 8.45. The lowest BCUT2D eigenvalue weighted by Crippen LogP contribution is -2.16. The lowest BCUT2D eigenvalue weighted by atomic mass is 10.2. The number of nitrogens with one attached hydrogen (secondary N) is 1. The first-order valence-electron chi connectivity index (χ1n) is 6.80. The van der Waals surface area contributed by atoms with E-state index >= 15 is 0 Å². The van der Waals surface area contributed by atoms with Crippen LogP contribution in [0.5, 0.6) is 11.5 Å². The highest BCUT2D eigenvalue weighted by Gasteiger charge is 2.20. The Bertz CT molecular complexity index is 829. The van der Waals surface area contributed by atoms with Crippen molar-refractivity contribution in [1.82, 2.24) is 0 Å². The molecule has 0 fully saturated rings. The van der Waals surface area contributed by atoms with E-state index < -0.39 is 20.7 Å². The van der Waals surface area contributed by atoms with E-state index in [9.17, 15) is 18.5 Å². The Morgan fingerprint density at radius 3 is 2.21 bits per heavy atom. The first kappa shape index (κ1) is 17.5. The second kappa shape index (κ2) is 7.18. The molecule has 0 bridgehead atoms. The number of nitro groups is 1. The molecule has 8 nitrogen and oxygen atoms in total. The standard InChI is InChI=1S/C15H16N2O6S/c1-22-13-7-12(8-14(9-13)23-2)16-24(20,21)10-11-5-3-4-6-15(11)17(18)19/h3-9,16H,10H2,1-2H3. The van der Waals surface area contributed by atoms with E-state index in [-0.39, 0.29) is 16.9 Å². The molecule has 0 aromatic heterocycles. The fourth-order valence-corrected chi connectivity index (χ4v) is 3.30. The molecule has 0 spiro atoms. The van der Waals surface area contributed by atoms with Gasteiger partial charge in [-0.3, -0.25) is 14.8 Å². The average Bonchev–Trinajstić information content (AvgIpc) is 2.53.